The Morgan fingerprint density at radius 1 is 1.24 bits per heavy atom. The molecule has 8 nitrogen and oxygen atoms in total. The van der Waals surface area contributed by atoms with Crippen LogP contribution in [-0.4, -0.2) is 44.9 Å². The first kappa shape index (κ1) is 23.1. The van der Waals surface area contributed by atoms with Gasteiger partial charge in [-0.2, -0.15) is 0 Å². The molecule has 0 aromatic heterocycles. The predicted octanol–water partition coefficient (Wildman–Crippen LogP) is 4.56. The lowest BCUT2D eigenvalue weighted by atomic mass is 9.79. The molecule has 2 aromatic rings. The number of ether oxygens (including phenoxy) is 1. The maximum Gasteiger partial charge on any atom is 0.411 e. The largest absolute Gasteiger partial charge is 0.444 e. The number of piperidine rings is 1. The van der Waals surface area contributed by atoms with E-state index in [0.717, 1.165) is 5.56 Å². The third-order valence-electron chi connectivity index (χ3n) is 5.84. The second-order valence-electron chi connectivity index (χ2n) is 9.20. The van der Waals surface area contributed by atoms with Crippen LogP contribution in [0.4, 0.5) is 10.5 Å². The third-order valence-corrected chi connectivity index (χ3v) is 6.33. The van der Waals surface area contributed by atoms with Gasteiger partial charge in [0, 0.05) is 27.9 Å². The van der Waals surface area contributed by atoms with Crippen LogP contribution in [-0.2, 0) is 21.6 Å². The van der Waals surface area contributed by atoms with Crippen LogP contribution >= 0.6 is 15.9 Å². The van der Waals surface area contributed by atoms with E-state index in [2.05, 4.69) is 15.9 Å². The summed E-state index contributed by atoms with van der Waals surface area (Å²) in [6.07, 6.45) is -0.149. The molecular formula is C24H26BrN3O5. The molecule has 2 amide bonds. The Kier molecular flexibility index (Phi) is 5.86. The van der Waals surface area contributed by atoms with E-state index in [4.69, 9.17) is 4.74 Å². The predicted molar refractivity (Wildman–Crippen MR) is 126 cm³/mol. The van der Waals surface area contributed by atoms with Crippen molar-refractivity contribution in [2.75, 3.05) is 11.4 Å². The maximum absolute atomic E-state index is 14.2. The zero-order chi connectivity index (χ0) is 24.0. The second-order valence-corrected chi connectivity index (χ2v) is 10.1. The summed E-state index contributed by atoms with van der Waals surface area (Å²) < 4.78 is 6.31. The number of nitrogens with zero attached hydrogens (tertiary/aromatic N) is 3. The van der Waals surface area contributed by atoms with E-state index in [9.17, 15) is 20.0 Å². The van der Waals surface area contributed by atoms with Crippen LogP contribution in [0.15, 0.2) is 53.0 Å². The average molecular weight is 516 g/mol. The summed E-state index contributed by atoms with van der Waals surface area (Å²) in [5.74, 6) is -0.477. The molecule has 1 spiro atoms. The fourth-order valence-electron chi connectivity index (χ4n) is 4.60. The fourth-order valence-corrected chi connectivity index (χ4v) is 4.97. The molecule has 4 rings (SSSR count). The quantitative estimate of drug-likeness (QED) is 0.359. The molecular weight excluding hydrogens is 490 g/mol. The Bertz CT molecular complexity index is 1120. The van der Waals surface area contributed by atoms with Crippen LogP contribution in [0.5, 0.6) is 0 Å². The minimum Gasteiger partial charge on any atom is -0.444 e. The Labute approximate surface area is 200 Å². The van der Waals surface area contributed by atoms with Crippen LogP contribution in [0.2, 0.25) is 0 Å². The standard InChI is InChI=1S/C24H26BrN3O5/c1-23(2,3)33-22(30)27-13-7-10-20(28(31)32)24(27)18-14-17(25)11-12-19(18)26(21(24)29)15-16-8-5-4-6-9-16/h4-6,8-9,11-12,14H,7,10,13,15H2,1-3H3,(H,31,32). The molecule has 0 aliphatic carbocycles. The Morgan fingerprint density at radius 2 is 1.94 bits per heavy atom. The lowest BCUT2D eigenvalue weighted by molar-refractivity contribution is -0.728. The number of hydrogen-bond donors (Lipinski definition) is 1. The third kappa shape index (κ3) is 3.94. The van der Waals surface area contributed by atoms with Gasteiger partial charge in [0.05, 0.1) is 12.2 Å². The van der Waals surface area contributed by atoms with Crippen LogP contribution < -0.4 is 4.90 Å². The molecule has 2 aromatic carbocycles. The summed E-state index contributed by atoms with van der Waals surface area (Å²) in [6.45, 7) is 5.65. The summed E-state index contributed by atoms with van der Waals surface area (Å²) >= 11 is 3.46. The minimum absolute atomic E-state index is 0.0977. The van der Waals surface area contributed by atoms with Crippen molar-refractivity contribution in [3.8, 4) is 0 Å². The smallest absolute Gasteiger partial charge is 0.411 e. The van der Waals surface area contributed by atoms with E-state index in [1.54, 1.807) is 43.9 Å². The number of fused-ring (bicyclic) bond motifs is 2. The number of hydrogen-bond acceptors (Lipinski definition) is 5. The number of anilines is 1. The van der Waals surface area contributed by atoms with E-state index in [-0.39, 0.29) is 30.1 Å². The minimum atomic E-state index is -1.80. The Balaban J connectivity index is 1.94. The van der Waals surface area contributed by atoms with Gasteiger partial charge in [0.1, 0.15) is 5.60 Å². The van der Waals surface area contributed by atoms with E-state index in [1.807, 2.05) is 30.3 Å². The lowest BCUT2D eigenvalue weighted by Gasteiger charge is -2.41. The Hall–Kier alpha value is -3.07. The summed E-state index contributed by atoms with van der Waals surface area (Å²) in [4.78, 5) is 30.2. The van der Waals surface area contributed by atoms with Gasteiger partial charge in [-0.3, -0.25) is 14.9 Å². The molecule has 0 radical (unpaired) electrons. The van der Waals surface area contributed by atoms with Crippen molar-refractivity contribution in [3.63, 3.8) is 0 Å². The summed E-state index contributed by atoms with van der Waals surface area (Å²) in [6, 6.07) is 14.8. The fraction of sp³-hybridized carbons (Fsp3) is 0.375. The molecule has 1 fully saturated rings. The number of carbonyl (C=O) groups is 2. The first-order valence-corrected chi connectivity index (χ1v) is 11.5. The first-order valence-electron chi connectivity index (χ1n) is 10.7. The van der Waals surface area contributed by atoms with Gasteiger partial charge in [0.15, 0.2) is 0 Å². The van der Waals surface area contributed by atoms with Gasteiger partial charge in [0.25, 0.3) is 11.6 Å². The van der Waals surface area contributed by atoms with Crippen molar-refractivity contribution < 1.29 is 24.4 Å². The SMILES string of the molecule is CC(C)(C)OC(=O)N1CCC/C(=[N+](\[O-])O)C12C(=O)N(Cc1ccccc1)c1ccc(Br)cc12. The highest BCUT2D eigenvalue weighted by Crippen LogP contribution is 2.49. The van der Waals surface area contributed by atoms with Crippen molar-refractivity contribution in [1.82, 2.24) is 4.90 Å². The molecule has 33 heavy (non-hydrogen) atoms. The molecule has 1 saturated heterocycles. The molecule has 1 N–H and O–H groups in total. The molecule has 174 valence electrons. The molecule has 0 saturated carbocycles. The highest BCUT2D eigenvalue weighted by atomic mass is 79.9. The Morgan fingerprint density at radius 3 is 2.58 bits per heavy atom. The van der Waals surface area contributed by atoms with E-state index >= 15 is 0 Å². The topological polar surface area (TPSA) is 96.1 Å². The monoisotopic (exact) mass is 515 g/mol. The van der Waals surface area contributed by atoms with Crippen molar-refractivity contribution in [2.45, 2.75) is 51.3 Å². The van der Waals surface area contributed by atoms with Gasteiger partial charge in [0.2, 0.25) is 5.54 Å². The van der Waals surface area contributed by atoms with Crippen molar-refractivity contribution in [1.29, 1.82) is 0 Å². The van der Waals surface area contributed by atoms with Gasteiger partial charge in [-0.05, 0) is 51.0 Å². The average Bonchev–Trinajstić information content (AvgIpc) is 2.96. The van der Waals surface area contributed by atoms with Gasteiger partial charge in [-0.1, -0.05) is 46.3 Å². The van der Waals surface area contributed by atoms with Gasteiger partial charge >= 0.3 is 6.09 Å². The number of halogens is 1. The number of benzene rings is 2. The summed E-state index contributed by atoms with van der Waals surface area (Å²) in [5, 5.41) is 22.5. The van der Waals surface area contributed by atoms with Gasteiger partial charge in [-0.15, -0.1) is 0 Å². The molecule has 1 unspecified atom stereocenters. The van der Waals surface area contributed by atoms with E-state index < -0.39 is 23.1 Å². The first-order chi connectivity index (χ1) is 15.6. The van der Waals surface area contributed by atoms with Crippen molar-refractivity contribution in [3.05, 3.63) is 69.3 Å². The van der Waals surface area contributed by atoms with Crippen LogP contribution in [0.1, 0.15) is 44.7 Å². The number of likely N-dealkylation sites (tertiary alicyclic amines) is 1. The highest BCUT2D eigenvalue weighted by molar-refractivity contribution is 9.10. The van der Waals surface area contributed by atoms with Gasteiger partial charge < -0.3 is 14.8 Å². The molecule has 2 aliphatic rings. The number of rotatable bonds is 2. The highest BCUT2D eigenvalue weighted by Gasteiger charge is 2.65. The molecule has 0 bridgehead atoms. The maximum atomic E-state index is 14.2. The molecule has 2 heterocycles. The zero-order valence-electron chi connectivity index (χ0n) is 18.7. The molecule has 1 atom stereocenters. The molecule has 9 heteroatoms. The summed E-state index contributed by atoms with van der Waals surface area (Å²) in [7, 11) is 0. The van der Waals surface area contributed by atoms with Crippen LogP contribution in [0.25, 0.3) is 0 Å². The van der Waals surface area contributed by atoms with E-state index in [0.29, 0.717) is 22.1 Å². The van der Waals surface area contributed by atoms with Crippen LogP contribution in [0.3, 0.4) is 0 Å². The summed E-state index contributed by atoms with van der Waals surface area (Å²) in [5.41, 5.74) is -0.793. The van der Waals surface area contributed by atoms with Gasteiger partial charge in [-0.25, -0.2) is 4.79 Å². The number of carbonyl (C=O) groups excluding carboxylic acids is 2. The van der Waals surface area contributed by atoms with Crippen molar-refractivity contribution >= 4 is 39.3 Å². The van der Waals surface area contributed by atoms with Crippen molar-refractivity contribution in [2.24, 2.45) is 0 Å². The number of amides is 2. The molecule has 2 aliphatic heterocycles. The van der Waals surface area contributed by atoms with Crippen LogP contribution in [0, 0.1) is 5.21 Å². The second kappa shape index (κ2) is 8.37. The van der Waals surface area contributed by atoms with E-state index in [1.165, 1.54) is 4.90 Å². The zero-order valence-corrected chi connectivity index (χ0v) is 20.3. The normalized spacial score (nSPS) is 21.9. The lowest BCUT2D eigenvalue weighted by Crippen LogP contribution is -2.64.